The van der Waals surface area contributed by atoms with E-state index in [1.807, 2.05) is 24.3 Å². The molecular formula is C21H22ClN5O2. The van der Waals surface area contributed by atoms with Crippen molar-refractivity contribution in [2.75, 3.05) is 12.3 Å². The summed E-state index contributed by atoms with van der Waals surface area (Å²) in [4.78, 5) is 27.5. The Morgan fingerprint density at radius 2 is 2.07 bits per heavy atom. The van der Waals surface area contributed by atoms with Gasteiger partial charge in [-0.3, -0.25) is 4.79 Å². The summed E-state index contributed by atoms with van der Waals surface area (Å²) in [6, 6.07) is 9.07. The molecule has 8 heteroatoms. The first-order valence-electron chi connectivity index (χ1n) is 9.61. The molecular weight excluding hydrogens is 390 g/mol. The lowest BCUT2D eigenvalue weighted by Gasteiger charge is -2.33. The van der Waals surface area contributed by atoms with Crippen molar-refractivity contribution in [1.29, 1.82) is 0 Å². The Morgan fingerprint density at radius 3 is 2.83 bits per heavy atom. The summed E-state index contributed by atoms with van der Waals surface area (Å²) in [6.07, 6.45) is 5.08. The molecule has 0 unspecified atom stereocenters. The number of halogens is 1. The van der Waals surface area contributed by atoms with Crippen LogP contribution in [-0.2, 0) is 6.42 Å². The van der Waals surface area contributed by atoms with Gasteiger partial charge in [0.15, 0.2) is 0 Å². The van der Waals surface area contributed by atoms with Crippen LogP contribution in [0.25, 0.3) is 0 Å². The highest BCUT2D eigenvalue weighted by Crippen LogP contribution is 2.32. The van der Waals surface area contributed by atoms with Crippen LogP contribution >= 0.6 is 11.6 Å². The van der Waals surface area contributed by atoms with Gasteiger partial charge in [-0.15, -0.1) is 0 Å². The van der Waals surface area contributed by atoms with Crippen molar-refractivity contribution >= 4 is 23.5 Å². The lowest BCUT2D eigenvalue weighted by molar-refractivity contribution is 0.0564. The number of nitrogens with two attached hydrogens (primary N) is 1. The third-order valence-electron chi connectivity index (χ3n) is 5.00. The molecule has 2 N–H and O–H groups in total. The lowest BCUT2D eigenvalue weighted by atomic mass is 10.0. The topological polar surface area (TPSA) is 98.1 Å². The zero-order chi connectivity index (χ0) is 20.4. The number of nitrogen functional groups attached to an aromatic ring is 1. The van der Waals surface area contributed by atoms with Gasteiger partial charge in [0.05, 0.1) is 6.20 Å². The predicted molar refractivity (Wildman–Crippen MR) is 110 cm³/mol. The molecule has 4 rings (SSSR count). The number of rotatable bonds is 4. The van der Waals surface area contributed by atoms with Gasteiger partial charge in [0.2, 0.25) is 11.8 Å². The molecule has 1 atom stereocenters. The zero-order valence-corrected chi connectivity index (χ0v) is 16.9. The maximum Gasteiger partial charge on any atom is 0.273 e. The standard InChI is InChI=1S/C21H22ClN5O2/c1-13-10-17(26-21(23)25-13)20(28)27-9-3-2-4-18(27)19-24-12-16(29-19)11-14-5-7-15(22)8-6-14/h5-8,10,12,18H,2-4,9,11H2,1H3,(H2,23,25,26)/t18-/m0/s1. The van der Waals surface area contributed by atoms with Gasteiger partial charge in [0, 0.05) is 23.7 Å². The van der Waals surface area contributed by atoms with E-state index in [2.05, 4.69) is 15.0 Å². The molecule has 0 saturated carbocycles. The molecule has 1 amide bonds. The van der Waals surface area contributed by atoms with E-state index in [1.54, 1.807) is 24.1 Å². The number of piperidine rings is 1. The first kappa shape index (κ1) is 19.4. The zero-order valence-electron chi connectivity index (χ0n) is 16.1. The third kappa shape index (κ3) is 4.40. The number of oxazole rings is 1. The molecule has 3 aromatic rings. The molecule has 1 aliphatic rings. The maximum absolute atomic E-state index is 13.1. The largest absolute Gasteiger partial charge is 0.443 e. The minimum absolute atomic E-state index is 0.100. The minimum Gasteiger partial charge on any atom is -0.443 e. The van der Waals surface area contributed by atoms with Gasteiger partial charge in [-0.2, -0.15) is 0 Å². The van der Waals surface area contributed by atoms with E-state index < -0.39 is 0 Å². The third-order valence-corrected chi connectivity index (χ3v) is 5.25. The van der Waals surface area contributed by atoms with Gasteiger partial charge < -0.3 is 15.1 Å². The molecule has 0 radical (unpaired) electrons. The first-order chi connectivity index (χ1) is 14.0. The SMILES string of the molecule is Cc1cc(C(=O)N2CCCC[C@H]2c2ncc(Cc3ccc(Cl)cc3)o2)nc(N)n1. The van der Waals surface area contributed by atoms with Crippen molar-refractivity contribution in [3.05, 3.63) is 70.2 Å². The van der Waals surface area contributed by atoms with Gasteiger partial charge in [0.25, 0.3) is 5.91 Å². The molecule has 3 heterocycles. The Bertz CT molecular complexity index is 998. The quantitative estimate of drug-likeness (QED) is 0.697. The molecule has 2 aromatic heterocycles. The second-order valence-corrected chi connectivity index (χ2v) is 7.67. The van der Waals surface area contributed by atoms with Gasteiger partial charge in [0.1, 0.15) is 17.5 Å². The highest BCUT2D eigenvalue weighted by Gasteiger charge is 2.32. The number of aromatic nitrogens is 3. The molecule has 0 bridgehead atoms. The average Bonchev–Trinajstić information content (AvgIpc) is 3.17. The smallest absolute Gasteiger partial charge is 0.273 e. The van der Waals surface area contributed by atoms with Crippen LogP contribution in [0.5, 0.6) is 0 Å². The van der Waals surface area contributed by atoms with E-state index in [1.165, 1.54) is 0 Å². The lowest BCUT2D eigenvalue weighted by Crippen LogP contribution is -2.39. The predicted octanol–water partition coefficient (Wildman–Crippen LogP) is 3.97. The fourth-order valence-electron chi connectivity index (χ4n) is 3.64. The van der Waals surface area contributed by atoms with Crippen LogP contribution in [0.15, 0.2) is 40.9 Å². The molecule has 1 aliphatic heterocycles. The van der Waals surface area contributed by atoms with Crippen molar-refractivity contribution in [3.8, 4) is 0 Å². The van der Waals surface area contributed by atoms with Gasteiger partial charge in [-0.25, -0.2) is 15.0 Å². The van der Waals surface area contributed by atoms with Crippen molar-refractivity contribution in [2.24, 2.45) is 0 Å². The second-order valence-electron chi connectivity index (χ2n) is 7.23. The number of benzene rings is 1. The summed E-state index contributed by atoms with van der Waals surface area (Å²) >= 11 is 5.95. The Kier molecular flexibility index (Phi) is 5.49. The van der Waals surface area contributed by atoms with Crippen LogP contribution in [-0.4, -0.2) is 32.3 Å². The fraction of sp³-hybridized carbons (Fsp3) is 0.333. The van der Waals surface area contributed by atoms with Crippen molar-refractivity contribution in [1.82, 2.24) is 19.9 Å². The number of nitrogens with zero attached hydrogens (tertiary/aromatic N) is 4. The molecule has 1 saturated heterocycles. The second kappa shape index (κ2) is 8.21. The summed E-state index contributed by atoms with van der Waals surface area (Å²) < 4.78 is 6.03. The van der Waals surface area contributed by atoms with Crippen LogP contribution in [0.2, 0.25) is 5.02 Å². The van der Waals surface area contributed by atoms with E-state index in [0.29, 0.717) is 35.3 Å². The number of likely N-dealkylation sites (tertiary alicyclic amines) is 1. The van der Waals surface area contributed by atoms with E-state index in [4.69, 9.17) is 21.8 Å². The Balaban J connectivity index is 1.55. The molecule has 29 heavy (non-hydrogen) atoms. The molecule has 1 fully saturated rings. The normalized spacial score (nSPS) is 16.8. The number of amides is 1. The first-order valence-corrected chi connectivity index (χ1v) is 9.98. The summed E-state index contributed by atoms with van der Waals surface area (Å²) in [7, 11) is 0. The van der Waals surface area contributed by atoms with E-state index in [9.17, 15) is 4.79 Å². The number of aryl methyl sites for hydroxylation is 1. The maximum atomic E-state index is 13.1. The summed E-state index contributed by atoms with van der Waals surface area (Å²) in [5, 5.41) is 0.698. The van der Waals surface area contributed by atoms with Crippen LogP contribution in [0.3, 0.4) is 0 Å². The molecule has 1 aromatic carbocycles. The number of hydrogen-bond donors (Lipinski definition) is 1. The number of carbonyl (C=O) groups is 1. The Morgan fingerprint density at radius 1 is 1.28 bits per heavy atom. The minimum atomic E-state index is -0.216. The number of hydrogen-bond acceptors (Lipinski definition) is 6. The van der Waals surface area contributed by atoms with Gasteiger partial charge in [-0.05, 0) is 49.9 Å². The summed E-state index contributed by atoms with van der Waals surface area (Å²) in [5.74, 6) is 1.23. The number of anilines is 1. The number of carbonyl (C=O) groups excluding carboxylic acids is 1. The van der Waals surface area contributed by atoms with Crippen LogP contribution in [0, 0.1) is 6.92 Å². The fourth-order valence-corrected chi connectivity index (χ4v) is 3.77. The van der Waals surface area contributed by atoms with E-state index in [0.717, 1.165) is 30.6 Å². The summed E-state index contributed by atoms with van der Waals surface area (Å²) in [6.45, 7) is 2.42. The van der Waals surface area contributed by atoms with Gasteiger partial charge in [-0.1, -0.05) is 23.7 Å². The van der Waals surface area contributed by atoms with Crippen LogP contribution < -0.4 is 5.73 Å². The van der Waals surface area contributed by atoms with E-state index in [-0.39, 0.29) is 17.9 Å². The average molecular weight is 412 g/mol. The molecule has 0 aliphatic carbocycles. The van der Waals surface area contributed by atoms with Gasteiger partial charge >= 0.3 is 0 Å². The molecule has 0 spiro atoms. The Hall–Kier alpha value is -2.93. The van der Waals surface area contributed by atoms with Crippen molar-refractivity contribution < 1.29 is 9.21 Å². The van der Waals surface area contributed by atoms with Crippen molar-refractivity contribution in [2.45, 2.75) is 38.6 Å². The van der Waals surface area contributed by atoms with Crippen LogP contribution in [0.4, 0.5) is 5.95 Å². The van der Waals surface area contributed by atoms with Crippen molar-refractivity contribution in [3.63, 3.8) is 0 Å². The van der Waals surface area contributed by atoms with E-state index >= 15 is 0 Å². The monoisotopic (exact) mass is 411 g/mol. The highest BCUT2D eigenvalue weighted by molar-refractivity contribution is 6.30. The highest BCUT2D eigenvalue weighted by atomic mass is 35.5. The molecule has 150 valence electrons. The Labute approximate surface area is 173 Å². The van der Waals surface area contributed by atoms with Crippen LogP contribution in [0.1, 0.15) is 58.7 Å². The summed E-state index contributed by atoms with van der Waals surface area (Å²) in [5.41, 5.74) is 7.77. The molecule has 7 nitrogen and oxygen atoms in total.